The highest BCUT2D eigenvalue weighted by molar-refractivity contribution is 6.30. The molecule has 1 fully saturated rings. The number of carbonyl (C=O) groups excluding carboxylic acids is 1. The SMILES string of the molecule is C[C@H](NC(=O)c1cccc(Cl)c1)c1nc(-c2ccnc(C3CC3)c2)no1. The fourth-order valence-corrected chi connectivity index (χ4v) is 2.88. The van der Waals surface area contributed by atoms with E-state index in [9.17, 15) is 4.79 Å². The Morgan fingerprint density at radius 1 is 1.31 bits per heavy atom. The van der Waals surface area contributed by atoms with Crippen molar-refractivity contribution in [1.29, 1.82) is 0 Å². The van der Waals surface area contributed by atoms with Gasteiger partial charge in [-0.15, -0.1) is 0 Å². The highest BCUT2D eigenvalue weighted by Gasteiger charge is 2.25. The number of nitrogens with zero attached hydrogens (tertiary/aromatic N) is 3. The Hall–Kier alpha value is -2.73. The van der Waals surface area contributed by atoms with Crippen LogP contribution in [0.2, 0.25) is 5.02 Å². The average molecular weight is 369 g/mol. The van der Waals surface area contributed by atoms with Crippen molar-refractivity contribution in [2.45, 2.75) is 31.7 Å². The molecule has 2 aromatic heterocycles. The van der Waals surface area contributed by atoms with E-state index in [-0.39, 0.29) is 5.91 Å². The van der Waals surface area contributed by atoms with E-state index in [2.05, 4.69) is 20.4 Å². The minimum Gasteiger partial charge on any atom is -0.341 e. The van der Waals surface area contributed by atoms with Gasteiger partial charge in [-0.05, 0) is 50.1 Å². The second-order valence-corrected chi connectivity index (χ2v) is 6.84. The van der Waals surface area contributed by atoms with Gasteiger partial charge >= 0.3 is 0 Å². The number of hydrogen-bond donors (Lipinski definition) is 1. The fraction of sp³-hybridized carbons (Fsp3) is 0.263. The van der Waals surface area contributed by atoms with E-state index in [0.717, 1.165) is 11.3 Å². The smallest absolute Gasteiger partial charge is 0.251 e. The maximum Gasteiger partial charge on any atom is 0.251 e. The lowest BCUT2D eigenvalue weighted by molar-refractivity contribution is 0.0932. The number of pyridine rings is 1. The first-order valence-electron chi connectivity index (χ1n) is 8.46. The van der Waals surface area contributed by atoms with Crippen LogP contribution in [0.15, 0.2) is 47.1 Å². The Labute approximate surface area is 155 Å². The zero-order valence-electron chi connectivity index (χ0n) is 14.1. The number of aromatic nitrogens is 3. The van der Waals surface area contributed by atoms with Crippen LogP contribution in [0.5, 0.6) is 0 Å². The zero-order chi connectivity index (χ0) is 18.1. The second kappa shape index (κ2) is 6.88. The molecule has 1 amide bonds. The van der Waals surface area contributed by atoms with Crippen molar-refractivity contribution in [3.8, 4) is 11.4 Å². The average Bonchev–Trinajstić information content (AvgIpc) is 3.38. The lowest BCUT2D eigenvalue weighted by Gasteiger charge is -2.09. The Bertz CT molecular complexity index is 952. The molecule has 1 N–H and O–H groups in total. The van der Waals surface area contributed by atoms with Gasteiger partial charge in [-0.25, -0.2) is 0 Å². The standard InChI is InChI=1S/C19H17ClN4O2/c1-11(22-18(25)14-3-2-4-15(20)9-14)19-23-17(24-26-19)13-7-8-21-16(10-13)12-5-6-12/h2-4,7-12H,5-6H2,1H3,(H,22,25)/t11-/m0/s1. The highest BCUT2D eigenvalue weighted by atomic mass is 35.5. The third-order valence-electron chi connectivity index (χ3n) is 4.28. The molecule has 4 rings (SSSR count). The second-order valence-electron chi connectivity index (χ2n) is 6.41. The van der Waals surface area contributed by atoms with Crippen molar-refractivity contribution in [1.82, 2.24) is 20.4 Å². The van der Waals surface area contributed by atoms with Gasteiger partial charge < -0.3 is 9.84 Å². The Morgan fingerprint density at radius 2 is 2.15 bits per heavy atom. The maximum absolute atomic E-state index is 12.3. The van der Waals surface area contributed by atoms with E-state index in [1.54, 1.807) is 37.4 Å². The molecular weight excluding hydrogens is 352 g/mol. The molecule has 1 aliphatic carbocycles. The van der Waals surface area contributed by atoms with Crippen LogP contribution >= 0.6 is 11.6 Å². The molecule has 1 atom stereocenters. The van der Waals surface area contributed by atoms with E-state index in [1.165, 1.54) is 12.8 Å². The van der Waals surface area contributed by atoms with Crippen molar-refractivity contribution < 1.29 is 9.32 Å². The Balaban J connectivity index is 1.48. The van der Waals surface area contributed by atoms with Gasteiger partial charge in [0.15, 0.2) is 0 Å². The van der Waals surface area contributed by atoms with E-state index < -0.39 is 6.04 Å². The lowest BCUT2D eigenvalue weighted by Crippen LogP contribution is -2.26. The minimum atomic E-state index is -0.424. The maximum atomic E-state index is 12.3. The van der Waals surface area contributed by atoms with Crippen LogP contribution in [0.25, 0.3) is 11.4 Å². The largest absolute Gasteiger partial charge is 0.341 e. The zero-order valence-corrected chi connectivity index (χ0v) is 14.9. The summed E-state index contributed by atoms with van der Waals surface area (Å²) in [6, 6.07) is 10.2. The van der Waals surface area contributed by atoms with E-state index in [0.29, 0.717) is 28.2 Å². The molecule has 2 heterocycles. The number of hydrogen-bond acceptors (Lipinski definition) is 5. The summed E-state index contributed by atoms with van der Waals surface area (Å²) < 4.78 is 5.33. The number of rotatable bonds is 5. The summed E-state index contributed by atoms with van der Waals surface area (Å²) in [5.74, 6) is 1.14. The number of nitrogens with one attached hydrogen (secondary N) is 1. The topological polar surface area (TPSA) is 80.9 Å². The van der Waals surface area contributed by atoms with Gasteiger partial charge in [-0.1, -0.05) is 22.8 Å². The van der Waals surface area contributed by atoms with Crippen LogP contribution in [0.1, 0.15) is 53.7 Å². The summed E-state index contributed by atoms with van der Waals surface area (Å²) in [6.07, 6.45) is 4.13. The van der Waals surface area contributed by atoms with E-state index in [1.807, 2.05) is 12.1 Å². The predicted octanol–water partition coefficient (Wildman–Crippen LogP) is 4.15. The number of amides is 1. The Kier molecular flexibility index (Phi) is 4.42. The predicted molar refractivity (Wildman–Crippen MR) is 96.8 cm³/mol. The third kappa shape index (κ3) is 3.60. The van der Waals surface area contributed by atoms with Gasteiger partial charge in [0.25, 0.3) is 5.91 Å². The summed E-state index contributed by atoms with van der Waals surface area (Å²) >= 11 is 5.93. The van der Waals surface area contributed by atoms with Gasteiger partial charge in [0.05, 0.1) is 0 Å². The van der Waals surface area contributed by atoms with Crippen LogP contribution < -0.4 is 5.32 Å². The van der Waals surface area contributed by atoms with Gasteiger partial charge in [0.1, 0.15) is 6.04 Å². The van der Waals surface area contributed by atoms with Crippen molar-refractivity contribution in [2.24, 2.45) is 0 Å². The summed E-state index contributed by atoms with van der Waals surface area (Å²) in [5, 5.41) is 7.38. The molecule has 132 valence electrons. The molecule has 3 aromatic rings. The molecule has 0 aliphatic heterocycles. The molecule has 6 nitrogen and oxygen atoms in total. The van der Waals surface area contributed by atoms with Crippen molar-refractivity contribution in [3.63, 3.8) is 0 Å². The monoisotopic (exact) mass is 368 g/mol. The number of carbonyl (C=O) groups is 1. The first-order valence-corrected chi connectivity index (χ1v) is 8.84. The van der Waals surface area contributed by atoms with Crippen LogP contribution in [0, 0.1) is 0 Å². The van der Waals surface area contributed by atoms with Gasteiger partial charge in [-0.3, -0.25) is 9.78 Å². The molecule has 0 unspecified atom stereocenters. The van der Waals surface area contributed by atoms with Gasteiger partial charge in [-0.2, -0.15) is 4.98 Å². The molecule has 7 heteroatoms. The minimum absolute atomic E-state index is 0.250. The normalized spacial score (nSPS) is 14.8. The number of halogens is 1. The van der Waals surface area contributed by atoms with Gasteiger partial charge in [0, 0.05) is 34.0 Å². The summed E-state index contributed by atoms with van der Waals surface area (Å²) in [5.41, 5.74) is 2.41. The van der Waals surface area contributed by atoms with Crippen LogP contribution in [0.3, 0.4) is 0 Å². The third-order valence-corrected chi connectivity index (χ3v) is 4.52. The molecular formula is C19H17ClN4O2. The van der Waals surface area contributed by atoms with Crippen LogP contribution in [-0.4, -0.2) is 21.0 Å². The van der Waals surface area contributed by atoms with Crippen LogP contribution in [-0.2, 0) is 0 Å². The van der Waals surface area contributed by atoms with Crippen molar-refractivity contribution in [2.75, 3.05) is 0 Å². The fourth-order valence-electron chi connectivity index (χ4n) is 2.69. The van der Waals surface area contributed by atoms with Crippen LogP contribution in [0.4, 0.5) is 0 Å². The number of benzene rings is 1. The molecule has 0 radical (unpaired) electrons. The first kappa shape index (κ1) is 16.7. The first-order chi connectivity index (χ1) is 12.6. The molecule has 1 saturated carbocycles. The van der Waals surface area contributed by atoms with E-state index in [4.69, 9.17) is 16.1 Å². The molecule has 1 aliphatic rings. The van der Waals surface area contributed by atoms with Gasteiger partial charge in [0.2, 0.25) is 11.7 Å². The van der Waals surface area contributed by atoms with Crippen molar-refractivity contribution >= 4 is 17.5 Å². The molecule has 1 aromatic carbocycles. The summed E-state index contributed by atoms with van der Waals surface area (Å²) in [4.78, 5) is 21.1. The lowest BCUT2D eigenvalue weighted by atomic mass is 10.1. The highest BCUT2D eigenvalue weighted by Crippen LogP contribution is 2.39. The molecule has 0 spiro atoms. The molecule has 26 heavy (non-hydrogen) atoms. The molecule has 0 saturated heterocycles. The van der Waals surface area contributed by atoms with Crippen molar-refractivity contribution in [3.05, 3.63) is 64.8 Å². The molecule has 0 bridgehead atoms. The Morgan fingerprint density at radius 3 is 2.92 bits per heavy atom. The van der Waals surface area contributed by atoms with E-state index >= 15 is 0 Å². The summed E-state index contributed by atoms with van der Waals surface area (Å²) in [6.45, 7) is 1.79. The summed E-state index contributed by atoms with van der Waals surface area (Å²) in [7, 11) is 0. The quantitative estimate of drug-likeness (QED) is 0.731.